The normalized spacial score (nSPS) is 12.4. The van der Waals surface area contributed by atoms with Crippen LogP contribution in [-0.4, -0.2) is 41.4 Å². The average Bonchev–Trinajstić information content (AvgIpc) is 2.90. The van der Waals surface area contributed by atoms with E-state index in [0.29, 0.717) is 5.82 Å². The molecule has 0 aliphatic carbocycles. The minimum absolute atomic E-state index is 0.124. The molecule has 1 atom stereocenters. The zero-order valence-corrected chi connectivity index (χ0v) is 11.4. The molecule has 106 valence electrons. The molecule has 2 aromatic rings. The highest BCUT2D eigenvalue weighted by Gasteiger charge is 2.19. The largest absolute Gasteiger partial charge is 0.347 e. The fourth-order valence-corrected chi connectivity index (χ4v) is 1.89. The van der Waals surface area contributed by atoms with Crippen LogP contribution in [0.3, 0.4) is 0 Å². The van der Waals surface area contributed by atoms with Gasteiger partial charge in [-0.3, -0.25) is 4.79 Å². The van der Waals surface area contributed by atoms with Crippen molar-refractivity contribution < 1.29 is 9.18 Å². The predicted molar refractivity (Wildman–Crippen MR) is 73.5 cm³/mol. The van der Waals surface area contributed by atoms with Gasteiger partial charge in [0, 0.05) is 12.4 Å². The predicted octanol–water partition coefficient (Wildman–Crippen LogP) is 1.32. The zero-order chi connectivity index (χ0) is 14.5. The number of benzene rings is 1. The Labute approximate surface area is 116 Å². The van der Waals surface area contributed by atoms with Gasteiger partial charge in [0.2, 0.25) is 5.91 Å². The van der Waals surface area contributed by atoms with Crippen molar-refractivity contribution in [1.82, 2.24) is 20.2 Å². The van der Waals surface area contributed by atoms with Gasteiger partial charge >= 0.3 is 0 Å². The quantitative estimate of drug-likeness (QED) is 0.865. The van der Waals surface area contributed by atoms with Crippen molar-refractivity contribution in [3.05, 3.63) is 53.9 Å². The lowest BCUT2D eigenvalue weighted by Gasteiger charge is -2.18. The number of amides is 1. The van der Waals surface area contributed by atoms with Crippen molar-refractivity contribution in [3.63, 3.8) is 0 Å². The second-order valence-electron chi connectivity index (χ2n) is 4.76. The Hall–Kier alpha value is -2.21. The van der Waals surface area contributed by atoms with Crippen LogP contribution in [-0.2, 0) is 4.79 Å². The van der Waals surface area contributed by atoms with Crippen molar-refractivity contribution in [1.29, 1.82) is 0 Å². The number of rotatable bonds is 5. The van der Waals surface area contributed by atoms with Crippen molar-refractivity contribution in [2.75, 3.05) is 20.6 Å². The highest BCUT2D eigenvalue weighted by atomic mass is 19.1. The van der Waals surface area contributed by atoms with E-state index in [-0.39, 0.29) is 18.3 Å². The summed E-state index contributed by atoms with van der Waals surface area (Å²) in [5.74, 6) is 0.177. The lowest BCUT2D eigenvalue weighted by Crippen LogP contribution is -2.36. The number of likely N-dealkylation sites (N-methyl/N-ethyl adjacent to an activating group) is 1. The summed E-state index contributed by atoms with van der Waals surface area (Å²) < 4.78 is 13.0. The Balaban J connectivity index is 2.22. The van der Waals surface area contributed by atoms with Crippen LogP contribution in [0.1, 0.15) is 17.4 Å². The van der Waals surface area contributed by atoms with Crippen molar-refractivity contribution >= 4 is 5.91 Å². The number of halogens is 1. The molecule has 2 N–H and O–H groups in total. The maximum Gasteiger partial charge on any atom is 0.235 e. The zero-order valence-electron chi connectivity index (χ0n) is 11.4. The first-order valence-corrected chi connectivity index (χ1v) is 6.25. The Morgan fingerprint density at radius 2 is 2.10 bits per heavy atom. The summed E-state index contributed by atoms with van der Waals surface area (Å²) in [6, 6.07) is 5.59. The molecule has 0 spiro atoms. The minimum Gasteiger partial charge on any atom is -0.347 e. The lowest BCUT2D eigenvalue weighted by molar-refractivity contribution is -0.122. The number of aromatic amines is 1. The maximum absolute atomic E-state index is 13.0. The number of carbonyl (C=O) groups is 1. The summed E-state index contributed by atoms with van der Waals surface area (Å²) >= 11 is 0. The van der Waals surface area contributed by atoms with Gasteiger partial charge in [0.05, 0.1) is 6.54 Å². The first kappa shape index (κ1) is 14.2. The first-order chi connectivity index (χ1) is 9.56. The van der Waals surface area contributed by atoms with Gasteiger partial charge in [-0.15, -0.1) is 0 Å². The van der Waals surface area contributed by atoms with Gasteiger partial charge in [0.1, 0.15) is 17.7 Å². The Morgan fingerprint density at radius 1 is 1.40 bits per heavy atom. The van der Waals surface area contributed by atoms with E-state index >= 15 is 0 Å². The fraction of sp³-hybridized carbons (Fsp3) is 0.286. The summed E-state index contributed by atoms with van der Waals surface area (Å²) in [5, 5.41) is 2.89. The minimum atomic E-state index is -0.418. The van der Waals surface area contributed by atoms with Gasteiger partial charge in [-0.05, 0) is 31.8 Å². The molecule has 20 heavy (non-hydrogen) atoms. The summed E-state index contributed by atoms with van der Waals surface area (Å²) in [6.07, 6.45) is 3.30. The average molecular weight is 276 g/mol. The van der Waals surface area contributed by atoms with E-state index in [1.165, 1.54) is 12.1 Å². The van der Waals surface area contributed by atoms with E-state index in [1.54, 1.807) is 29.4 Å². The molecule has 0 aliphatic rings. The second-order valence-corrected chi connectivity index (χ2v) is 4.76. The molecule has 0 fully saturated rings. The number of imidazole rings is 1. The van der Waals surface area contributed by atoms with Crippen LogP contribution in [0.4, 0.5) is 4.39 Å². The highest BCUT2D eigenvalue weighted by Crippen LogP contribution is 2.19. The van der Waals surface area contributed by atoms with Crippen molar-refractivity contribution in [2.24, 2.45) is 0 Å². The fourth-order valence-electron chi connectivity index (χ4n) is 1.89. The molecule has 0 aliphatic heterocycles. The van der Waals surface area contributed by atoms with Crippen LogP contribution in [0.25, 0.3) is 0 Å². The van der Waals surface area contributed by atoms with E-state index in [9.17, 15) is 9.18 Å². The third kappa shape index (κ3) is 3.64. The Morgan fingerprint density at radius 3 is 2.65 bits per heavy atom. The summed E-state index contributed by atoms with van der Waals surface area (Å²) in [4.78, 5) is 20.9. The number of nitrogens with zero attached hydrogens (tertiary/aromatic N) is 2. The third-order valence-corrected chi connectivity index (χ3v) is 2.76. The van der Waals surface area contributed by atoms with Gasteiger partial charge in [0.15, 0.2) is 0 Å². The molecular weight excluding hydrogens is 259 g/mol. The van der Waals surface area contributed by atoms with E-state index in [0.717, 1.165) is 5.56 Å². The molecule has 6 heteroatoms. The summed E-state index contributed by atoms with van der Waals surface area (Å²) in [6.45, 7) is 0.276. The van der Waals surface area contributed by atoms with Crippen LogP contribution in [0.2, 0.25) is 0 Å². The van der Waals surface area contributed by atoms with Crippen LogP contribution in [0.5, 0.6) is 0 Å². The van der Waals surface area contributed by atoms with E-state index in [4.69, 9.17) is 0 Å². The van der Waals surface area contributed by atoms with E-state index in [1.807, 2.05) is 14.1 Å². The van der Waals surface area contributed by atoms with Crippen LogP contribution >= 0.6 is 0 Å². The molecule has 1 unspecified atom stereocenters. The molecule has 1 amide bonds. The maximum atomic E-state index is 13.0. The number of aromatic nitrogens is 2. The summed E-state index contributed by atoms with van der Waals surface area (Å²) in [5.41, 5.74) is 0.772. The monoisotopic (exact) mass is 276 g/mol. The second kappa shape index (κ2) is 6.29. The third-order valence-electron chi connectivity index (χ3n) is 2.76. The van der Waals surface area contributed by atoms with Crippen LogP contribution in [0.15, 0.2) is 36.7 Å². The number of hydrogen-bond donors (Lipinski definition) is 2. The van der Waals surface area contributed by atoms with E-state index in [2.05, 4.69) is 15.3 Å². The first-order valence-electron chi connectivity index (χ1n) is 6.25. The molecule has 1 heterocycles. The van der Waals surface area contributed by atoms with Gasteiger partial charge in [0.25, 0.3) is 0 Å². The molecule has 0 saturated heterocycles. The number of carbonyl (C=O) groups excluding carboxylic acids is 1. The van der Waals surface area contributed by atoms with Crippen LogP contribution in [0, 0.1) is 5.82 Å². The topological polar surface area (TPSA) is 61.0 Å². The number of nitrogens with one attached hydrogen (secondary N) is 2. The smallest absolute Gasteiger partial charge is 0.235 e. The van der Waals surface area contributed by atoms with Gasteiger partial charge in [-0.25, -0.2) is 9.37 Å². The molecule has 1 aromatic heterocycles. The molecule has 0 saturated carbocycles. The van der Waals surface area contributed by atoms with Gasteiger partial charge in [-0.1, -0.05) is 12.1 Å². The Kier molecular flexibility index (Phi) is 4.47. The molecule has 5 nitrogen and oxygen atoms in total. The SMILES string of the molecule is CN(C)CC(=O)NC(c1ccc(F)cc1)c1ncc[nH]1. The Bertz CT molecular complexity index is 551. The summed E-state index contributed by atoms with van der Waals surface area (Å²) in [7, 11) is 3.64. The molecule has 1 aromatic carbocycles. The van der Waals surface area contributed by atoms with Crippen LogP contribution < -0.4 is 5.32 Å². The number of hydrogen-bond acceptors (Lipinski definition) is 3. The molecular formula is C14H17FN4O. The molecule has 2 rings (SSSR count). The highest BCUT2D eigenvalue weighted by molar-refractivity contribution is 5.78. The van der Waals surface area contributed by atoms with Crippen molar-refractivity contribution in [2.45, 2.75) is 6.04 Å². The lowest BCUT2D eigenvalue weighted by atomic mass is 10.1. The van der Waals surface area contributed by atoms with Gasteiger partial charge in [-0.2, -0.15) is 0 Å². The van der Waals surface area contributed by atoms with Crippen molar-refractivity contribution in [3.8, 4) is 0 Å². The van der Waals surface area contributed by atoms with E-state index < -0.39 is 6.04 Å². The standard InChI is InChI=1S/C14H17FN4O/c1-19(2)9-12(20)18-13(14-16-7-8-17-14)10-3-5-11(15)6-4-10/h3-8,13H,9H2,1-2H3,(H,16,17)(H,18,20). The number of H-pyrrole nitrogens is 1. The molecule has 0 bridgehead atoms. The van der Waals surface area contributed by atoms with Gasteiger partial charge < -0.3 is 15.2 Å². The molecule has 0 radical (unpaired) electrons.